The molecule has 0 unspecified atom stereocenters. The zero-order valence-corrected chi connectivity index (χ0v) is 15.5. The second-order valence-electron chi connectivity index (χ2n) is 0.274. The fourth-order valence-electron chi connectivity index (χ4n) is 0. The molecule has 0 bridgehead atoms. The Kier molecular flexibility index (Phi) is 216. The van der Waals surface area contributed by atoms with Crippen LogP contribution in [0.2, 0.25) is 0 Å². The predicted octanol–water partition coefficient (Wildman–Crippen LogP) is -7.01. The van der Waals surface area contributed by atoms with Crippen LogP contribution in [0.5, 0.6) is 0 Å². The molecular formula is C3N3Na3S3. The molecule has 0 aromatic carbocycles. The Balaban J connectivity index is -0.00000001000. The van der Waals surface area contributed by atoms with Gasteiger partial charge in [0.05, 0.1) is 0 Å². The average Bonchev–Trinajstić information content (AvgIpc) is 1.70. The Labute approximate surface area is 154 Å². The summed E-state index contributed by atoms with van der Waals surface area (Å²) in [5.74, 6) is 0. The van der Waals surface area contributed by atoms with Gasteiger partial charge in [0, 0.05) is 0 Å². The van der Waals surface area contributed by atoms with Crippen molar-refractivity contribution in [2.45, 2.75) is 0 Å². The fourth-order valence-corrected chi connectivity index (χ4v) is 0. The van der Waals surface area contributed by atoms with Crippen molar-refractivity contribution in [2.24, 2.45) is 0 Å². The third-order valence-electron chi connectivity index (χ3n) is 0. The maximum Gasteiger partial charge on any atom is 1.00 e. The van der Waals surface area contributed by atoms with Crippen LogP contribution in [0.25, 0.3) is 16.2 Å². The van der Waals surface area contributed by atoms with Crippen LogP contribution in [-0.4, -0.2) is 15.5 Å². The standard InChI is InChI=1S/3CNS.3Na/c3*2-1-3;;;/q3*-1;3*+1. The maximum absolute atomic E-state index is 7.13. The van der Waals surface area contributed by atoms with E-state index in [1.54, 1.807) is 0 Å². The Morgan fingerprint density at radius 1 is 0.583 bits per heavy atom. The summed E-state index contributed by atoms with van der Waals surface area (Å²) >= 11 is 11.1. The normalized spacial score (nSPS) is 2.00. The van der Waals surface area contributed by atoms with Crippen molar-refractivity contribution in [1.82, 2.24) is 0 Å². The SMILES string of the molecule is [N-]=C=S.[N-]=C=S.[N-]=C=S.[Na+].[Na+].[Na+]. The van der Waals surface area contributed by atoms with Gasteiger partial charge in [0.1, 0.15) is 0 Å². The summed E-state index contributed by atoms with van der Waals surface area (Å²) in [6.45, 7) is 0. The van der Waals surface area contributed by atoms with Gasteiger partial charge in [-0.1, -0.05) is 36.7 Å². The second kappa shape index (κ2) is 70.7. The molecule has 0 saturated carbocycles. The summed E-state index contributed by atoms with van der Waals surface area (Å²) in [4.78, 5) is 0. The molecule has 0 aliphatic rings. The van der Waals surface area contributed by atoms with Gasteiger partial charge in [-0.25, -0.2) is 0 Å². The summed E-state index contributed by atoms with van der Waals surface area (Å²) in [6, 6.07) is 0. The van der Waals surface area contributed by atoms with Gasteiger partial charge in [0.25, 0.3) is 0 Å². The molecule has 0 rings (SSSR count). The van der Waals surface area contributed by atoms with Crippen molar-refractivity contribution >= 4 is 52.1 Å². The zero-order valence-electron chi connectivity index (χ0n) is 7.07. The van der Waals surface area contributed by atoms with Gasteiger partial charge in [-0.15, -0.1) is 0 Å². The first-order valence-electron chi connectivity index (χ1n) is 1.28. The number of thiocarbonyl (C=S) groups is 3. The fraction of sp³-hybridized carbons (Fsp3) is 0. The predicted molar refractivity (Wildman–Crippen MR) is 47.9 cm³/mol. The van der Waals surface area contributed by atoms with Gasteiger partial charge in [0.2, 0.25) is 0 Å². The molecule has 0 aromatic rings. The van der Waals surface area contributed by atoms with Gasteiger partial charge >= 0.3 is 88.7 Å². The van der Waals surface area contributed by atoms with Crippen LogP contribution in [0.1, 0.15) is 0 Å². The Bertz CT molecular complexity index is 116. The van der Waals surface area contributed by atoms with Crippen molar-refractivity contribution in [3.8, 4) is 0 Å². The maximum atomic E-state index is 7.13. The van der Waals surface area contributed by atoms with Gasteiger partial charge in [-0.3, -0.25) is 0 Å². The minimum Gasteiger partial charge on any atom is -0.753 e. The van der Waals surface area contributed by atoms with Crippen LogP contribution in [0, 0.1) is 0 Å². The van der Waals surface area contributed by atoms with Crippen LogP contribution in [0.3, 0.4) is 0 Å². The number of rotatable bonds is 0. The van der Waals surface area contributed by atoms with Gasteiger partial charge in [-0.05, 0) is 0 Å². The van der Waals surface area contributed by atoms with Gasteiger partial charge in [-0.2, -0.15) is 15.5 Å². The molecule has 0 saturated heterocycles. The molecule has 3 nitrogen and oxygen atoms in total. The minimum absolute atomic E-state index is 0. The van der Waals surface area contributed by atoms with Crippen LogP contribution in [0.15, 0.2) is 0 Å². The number of isothiocyanates is 3. The molecule has 0 atom stereocenters. The molecule has 0 amide bonds. The first-order valence-corrected chi connectivity index (χ1v) is 2.51. The van der Waals surface area contributed by atoms with E-state index in [0.717, 1.165) is 0 Å². The van der Waals surface area contributed by atoms with Crippen LogP contribution in [-0.2, 0) is 0 Å². The van der Waals surface area contributed by atoms with Crippen molar-refractivity contribution in [3.05, 3.63) is 16.2 Å². The van der Waals surface area contributed by atoms with E-state index in [4.69, 9.17) is 16.2 Å². The van der Waals surface area contributed by atoms with E-state index in [9.17, 15) is 0 Å². The van der Waals surface area contributed by atoms with E-state index in [1.165, 1.54) is 15.5 Å². The molecular weight excluding hydrogens is 243 g/mol. The topological polar surface area (TPSA) is 66.9 Å². The quantitative estimate of drug-likeness (QED) is 0.241. The van der Waals surface area contributed by atoms with Crippen LogP contribution >= 0.6 is 36.7 Å². The summed E-state index contributed by atoms with van der Waals surface area (Å²) in [7, 11) is 0. The number of nitrogens with zero attached hydrogens (tertiary/aromatic N) is 3. The monoisotopic (exact) mass is 243 g/mol. The molecule has 0 radical (unpaired) electrons. The average molecular weight is 243 g/mol. The van der Waals surface area contributed by atoms with Gasteiger partial charge in [0.15, 0.2) is 0 Å². The van der Waals surface area contributed by atoms with Crippen molar-refractivity contribution in [3.63, 3.8) is 0 Å². The first kappa shape index (κ1) is 36.6. The Morgan fingerprint density at radius 3 is 0.583 bits per heavy atom. The third-order valence-corrected chi connectivity index (χ3v) is 0. The molecule has 0 aliphatic heterocycles. The van der Waals surface area contributed by atoms with E-state index in [-0.39, 0.29) is 88.7 Å². The Hall–Kier alpha value is 2.40. The molecule has 48 valence electrons. The molecule has 0 spiro atoms. The second-order valence-corrected chi connectivity index (χ2v) is 0.822. The molecule has 0 aliphatic carbocycles. The van der Waals surface area contributed by atoms with Crippen molar-refractivity contribution in [2.75, 3.05) is 0 Å². The molecule has 0 N–H and O–H groups in total. The van der Waals surface area contributed by atoms with E-state index < -0.39 is 0 Å². The van der Waals surface area contributed by atoms with Crippen LogP contribution < -0.4 is 88.7 Å². The van der Waals surface area contributed by atoms with E-state index >= 15 is 0 Å². The molecule has 0 aromatic heterocycles. The van der Waals surface area contributed by atoms with Crippen LogP contribution in [0.4, 0.5) is 0 Å². The molecule has 12 heavy (non-hydrogen) atoms. The van der Waals surface area contributed by atoms with E-state index in [2.05, 4.69) is 36.7 Å². The Morgan fingerprint density at radius 2 is 0.583 bits per heavy atom. The number of hydrogen-bond acceptors (Lipinski definition) is 3. The summed E-state index contributed by atoms with van der Waals surface area (Å²) in [5, 5.41) is 25.4. The smallest absolute Gasteiger partial charge is 0.753 e. The number of hydrogen-bond donors (Lipinski definition) is 0. The molecule has 9 heteroatoms. The minimum atomic E-state index is 0. The third kappa shape index (κ3) is 280. The molecule has 0 fully saturated rings. The van der Waals surface area contributed by atoms with E-state index in [0.29, 0.717) is 0 Å². The largest absolute Gasteiger partial charge is 1.00 e. The van der Waals surface area contributed by atoms with Crippen molar-refractivity contribution < 1.29 is 88.7 Å². The summed E-state index contributed by atoms with van der Waals surface area (Å²) < 4.78 is 0. The zero-order chi connectivity index (χ0) is 8.12. The summed E-state index contributed by atoms with van der Waals surface area (Å²) in [6.07, 6.45) is 0. The van der Waals surface area contributed by atoms with E-state index in [1.807, 2.05) is 0 Å². The van der Waals surface area contributed by atoms with Gasteiger partial charge < -0.3 is 16.2 Å². The summed E-state index contributed by atoms with van der Waals surface area (Å²) in [5.41, 5.74) is 0. The first-order chi connectivity index (χ1) is 4.24. The molecule has 0 heterocycles. The van der Waals surface area contributed by atoms with Crippen molar-refractivity contribution in [1.29, 1.82) is 0 Å².